The van der Waals surface area contributed by atoms with Crippen LogP contribution >= 0.6 is 0 Å². The molecule has 4 nitrogen and oxygen atoms in total. The van der Waals surface area contributed by atoms with Crippen molar-refractivity contribution in [3.05, 3.63) is 95.8 Å². The average Bonchev–Trinajstić information content (AvgIpc) is 2.80. The number of aliphatic carboxylic acids is 1. The lowest BCUT2D eigenvalue weighted by atomic mass is 9.91. The van der Waals surface area contributed by atoms with Gasteiger partial charge in [-0.15, -0.1) is 0 Å². The van der Waals surface area contributed by atoms with Gasteiger partial charge in [0.05, 0.1) is 6.10 Å². The maximum absolute atomic E-state index is 13.7. The van der Waals surface area contributed by atoms with E-state index in [1.165, 1.54) is 0 Å². The highest BCUT2D eigenvalue weighted by atomic mass is 28.4. The second-order valence-electron chi connectivity index (χ2n) is 9.48. The summed E-state index contributed by atoms with van der Waals surface area (Å²) in [5.74, 6) is -7.85. The first-order valence-corrected chi connectivity index (χ1v) is 13.2. The molecule has 2 unspecified atom stereocenters. The van der Waals surface area contributed by atoms with Crippen molar-refractivity contribution in [2.45, 2.75) is 44.3 Å². The summed E-state index contributed by atoms with van der Waals surface area (Å²) in [7, 11) is -2.91. The van der Waals surface area contributed by atoms with Crippen molar-refractivity contribution in [1.82, 2.24) is 0 Å². The number of carbonyl (C=O) groups is 1. The van der Waals surface area contributed by atoms with Crippen LogP contribution in [-0.4, -0.2) is 37.2 Å². The minimum absolute atomic E-state index is 0.00435. The molecule has 0 amide bonds. The number of hydrogen-bond donors (Lipinski definition) is 2. The molecule has 3 aromatic rings. The van der Waals surface area contributed by atoms with Crippen LogP contribution in [0.4, 0.5) is 13.2 Å². The summed E-state index contributed by atoms with van der Waals surface area (Å²) in [5, 5.41) is 22.1. The van der Waals surface area contributed by atoms with Gasteiger partial charge in [-0.05, 0) is 39.5 Å². The van der Waals surface area contributed by atoms with E-state index in [1.807, 2.05) is 60.7 Å². The van der Waals surface area contributed by atoms with Crippen LogP contribution in [0.2, 0.25) is 5.04 Å². The zero-order valence-electron chi connectivity index (χ0n) is 19.8. The summed E-state index contributed by atoms with van der Waals surface area (Å²) in [6, 6.07) is 20.8. The topological polar surface area (TPSA) is 66.8 Å². The minimum Gasteiger partial charge on any atom is -0.481 e. The number of carboxylic acid groups (broad SMARTS) is 1. The Labute approximate surface area is 204 Å². The number of carboxylic acids is 1. The quantitative estimate of drug-likeness (QED) is 0.332. The number of rotatable bonds is 9. The fraction of sp³-hybridized carbons (Fsp3) is 0.296. The van der Waals surface area contributed by atoms with E-state index in [-0.39, 0.29) is 23.6 Å². The van der Waals surface area contributed by atoms with Crippen LogP contribution in [0.1, 0.15) is 38.7 Å². The second kappa shape index (κ2) is 10.8. The van der Waals surface area contributed by atoms with Gasteiger partial charge in [-0.3, -0.25) is 4.79 Å². The summed E-state index contributed by atoms with van der Waals surface area (Å²) < 4.78 is 47.5. The smallest absolute Gasteiger partial charge is 0.313 e. The lowest BCUT2D eigenvalue weighted by molar-refractivity contribution is -0.141. The highest BCUT2D eigenvalue weighted by Crippen LogP contribution is 2.37. The molecule has 0 fully saturated rings. The first kappa shape index (κ1) is 26.7. The molecule has 0 aliphatic rings. The van der Waals surface area contributed by atoms with E-state index in [4.69, 9.17) is 4.43 Å². The van der Waals surface area contributed by atoms with Gasteiger partial charge in [0.25, 0.3) is 8.32 Å². The van der Waals surface area contributed by atoms with Gasteiger partial charge in [-0.2, -0.15) is 0 Å². The molecule has 0 saturated carbocycles. The molecule has 0 heterocycles. The van der Waals surface area contributed by atoms with E-state index in [9.17, 15) is 28.2 Å². The summed E-state index contributed by atoms with van der Waals surface area (Å²) in [5.41, 5.74) is -0.355. The molecule has 35 heavy (non-hydrogen) atoms. The molecular formula is C27H29F3O4Si. The Kier molecular flexibility index (Phi) is 8.20. The van der Waals surface area contributed by atoms with Crippen molar-refractivity contribution >= 4 is 24.7 Å². The lowest BCUT2D eigenvalue weighted by Gasteiger charge is -2.43. The van der Waals surface area contributed by atoms with E-state index in [1.54, 1.807) is 0 Å². The van der Waals surface area contributed by atoms with E-state index < -0.39 is 43.8 Å². The summed E-state index contributed by atoms with van der Waals surface area (Å²) in [6.45, 7) is 6.25. The third kappa shape index (κ3) is 5.50. The van der Waals surface area contributed by atoms with Gasteiger partial charge >= 0.3 is 5.97 Å². The molecule has 2 N–H and O–H groups in total. The van der Waals surface area contributed by atoms with Gasteiger partial charge in [0, 0.05) is 6.61 Å². The van der Waals surface area contributed by atoms with Gasteiger partial charge in [-0.25, -0.2) is 13.2 Å². The van der Waals surface area contributed by atoms with Crippen molar-refractivity contribution in [1.29, 1.82) is 0 Å². The number of aliphatic hydroxyl groups is 1. The van der Waals surface area contributed by atoms with Crippen LogP contribution in [0.5, 0.6) is 0 Å². The molecular weight excluding hydrogens is 473 g/mol. The Morgan fingerprint density at radius 3 is 1.77 bits per heavy atom. The van der Waals surface area contributed by atoms with Crippen LogP contribution in [0.15, 0.2) is 72.8 Å². The number of hydrogen-bond acceptors (Lipinski definition) is 3. The van der Waals surface area contributed by atoms with Gasteiger partial charge in [0.2, 0.25) is 0 Å². The van der Waals surface area contributed by atoms with E-state index in [0.29, 0.717) is 12.1 Å². The maximum Gasteiger partial charge on any atom is 0.313 e. The zero-order valence-corrected chi connectivity index (χ0v) is 20.8. The van der Waals surface area contributed by atoms with Crippen molar-refractivity contribution in [3.63, 3.8) is 0 Å². The molecule has 3 aromatic carbocycles. The van der Waals surface area contributed by atoms with Gasteiger partial charge in [0.15, 0.2) is 17.5 Å². The Balaban J connectivity index is 1.92. The number of halogens is 3. The Morgan fingerprint density at radius 1 is 0.914 bits per heavy atom. The van der Waals surface area contributed by atoms with Crippen LogP contribution < -0.4 is 10.4 Å². The fourth-order valence-corrected chi connectivity index (χ4v) is 9.12. The SMILES string of the molecule is CC(C)(C)[Si](OCCC(O)C(C(=O)O)c1cc(F)c(F)c(F)c1)(c1ccccc1)c1ccccc1. The molecule has 3 rings (SSSR count). The van der Waals surface area contributed by atoms with E-state index >= 15 is 0 Å². The van der Waals surface area contributed by atoms with Gasteiger partial charge < -0.3 is 14.6 Å². The fourth-order valence-electron chi connectivity index (χ4n) is 4.55. The molecule has 8 heteroatoms. The first-order chi connectivity index (χ1) is 16.5. The predicted octanol–water partition coefficient (Wildman–Crippen LogP) is 4.60. The van der Waals surface area contributed by atoms with Crippen LogP contribution in [0.25, 0.3) is 0 Å². The minimum atomic E-state index is -2.91. The second-order valence-corrected chi connectivity index (χ2v) is 13.8. The van der Waals surface area contributed by atoms with E-state index in [0.717, 1.165) is 10.4 Å². The van der Waals surface area contributed by atoms with Crippen molar-refractivity contribution in [3.8, 4) is 0 Å². The van der Waals surface area contributed by atoms with Gasteiger partial charge in [-0.1, -0.05) is 81.4 Å². The van der Waals surface area contributed by atoms with Crippen molar-refractivity contribution < 1.29 is 32.6 Å². The Morgan fingerprint density at radius 2 is 1.37 bits per heavy atom. The lowest BCUT2D eigenvalue weighted by Crippen LogP contribution is -2.66. The zero-order chi connectivity index (χ0) is 25.8. The Bertz CT molecular complexity index is 1090. The first-order valence-electron chi connectivity index (χ1n) is 11.3. The highest BCUT2D eigenvalue weighted by Gasteiger charge is 2.50. The molecule has 0 aliphatic carbocycles. The van der Waals surface area contributed by atoms with Crippen LogP contribution in [0, 0.1) is 17.5 Å². The number of benzene rings is 3. The predicted molar refractivity (Wildman–Crippen MR) is 131 cm³/mol. The molecule has 0 bridgehead atoms. The van der Waals surface area contributed by atoms with Gasteiger partial charge in [0.1, 0.15) is 5.92 Å². The molecule has 0 saturated heterocycles. The van der Waals surface area contributed by atoms with Crippen molar-refractivity contribution in [2.24, 2.45) is 0 Å². The summed E-state index contributed by atoms with van der Waals surface area (Å²) in [6.07, 6.45) is -1.63. The molecule has 0 aliphatic heterocycles. The summed E-state index contributed by atoms with van der Waals surface area (Å²) in [4.78, 5) is 11.9. The summed E-state index contributed by atoms with van der Waals surface area (Å²) >= 11 is 0. The number of aliphatic hydroxyl groups excluding tert-OH is 1. The molecule has 186 valence electrons. The molecule has 0 aromatic heterocycles. The highest BCUT2D eigenvalue weighted by molar-refractivity contribution is 6.99. The van der Waals surface area contributed by atoms with Crippen LogP contribution in [0.3, 0.4) is 0 Å². The molecule has 2 atom stereocenters. The maximum atomic E-state index is 13.7. The monoisotopic (exact) mass is 502 g/mol. The Hall–Kier alpha value is -2.94. The molecule has 0 radical (unpaired) electrons. The van der Waals surface area contributed by atoms with E-state index in [2.05, 4.69) is 20.8 Å². The van der Waals surface area contributed by atoms with Crippen molar-refractivity contribution in [2.75, 3.05) is 6.61 Å². The standard InChI is InChI=1S/C27H29F3O4Si/c1-27(2,3)35(19-10-6-4-7-11-19,20-12-8-5-9-13-20)34-15-14-23(31)24(26(32)33)18-16-21(28)25(30)22(29)17-18/h4-13,16-17,23-24,31H,14-15H2,1-3H3,(H,32,33). The normalized spacial score (nSPS) is 13.9. The molecule has 0 spiro atoms. The largest absolute Gasteiger partial charge is 0.481 e. The third-order valence-electron chi connectivity index (χ3n) is 6.17. The third-order valence-corrected chi connectivity index (χ3v) is 11.2. The van der Waals surface area contributed by atoms with Crippen LogP contribution in [-0.2, 0) is 9.22 Å². The average molecular weight is 503 g/mol.